The lowest BCUT2D eigenvalue weighted by molar-refractivity contribution is -0.0864. The highest BCUT2D eigenvalue weighted by Crippen LogP contribution is 2.56. The van der Waals surface area contributed by atoms with Crippen LogP contribution in [-0.4, -0.2) is 10.7 Å². The van der Waals surface area contributed by atoms with E-state index < -0.39 is 0 Å². The van der Waals surface area contributed by atoms with Crippen molar-refractivity contribution in [3.8, 4) is 0 Å². The number of aliphatic hydroxyl groups is 1. The van der Waals surface area contributed by atoms with E-state index in [1.807, 2.05) is 0 Å². The van der Waals surface area contributed by atoms with E-state index in [0.717, 1.165) is 19.3 Å². The van der Waals surface area contributed by atoms with Gasteiger partial charge in [-0.3, -0.25) is 0 Å². The summed E-state index contributed by atoms with van der Waals surface area (Å²) in [7, 11) is 0. The van der Waals surface area contributed by atoms with Crippen LogP contribution in [0.4, 0.5) is 0 Å². The van der Waals surface area contributed by atoms with Gasteiger partial charge in [-0.2, -0.15) is 0 Å². The van der Waals surface area contributed by atoms with E-state index in [0.29, 0.717) is 5.41 Å². The fourth-order valence-corrected chi connectivity index (χ4v) is 3.96. The Balaban J connectivity index is 2.14. The van der Waals surface area contributed by atoms with Gasteiger partial charge in [-0.05, 0) is 43.9 Å². The van der Waals surface area contributed by atoms with Crippen molar-refractivity contribution in [2.24, 2.45) is 5.41 Å². The molecule has 0 bridgehead atoms. The second kappa shape index (κ2) is 3.84. The molecule has 2 aliphatic carbocycles. The third-order valence-corrected chi connectivity index (χ3v) is 4.71. The summed E-state index contributed by atoms with van der Waals surface area (Å²) in [6.07, 6.45) is 12.5. The zero-order valence-electron chi connectivity index (χ0n) is 9.52. The Hall–Kier alpha value is -0.0400. The van der Waals surface area contributed by atoms with E-state index >= 15 is 0 Å². The van der Waals surface area contributed by atoms with Gasteiger partial charge in [0, 0.05) is 0 Å². The van der Waals surface area contributed by atoms with Gasteiger partial charge in [0.15, 0.2) is 0 Å². The first-order valence-corrected chi connectivity index (χ1v) is 6.45. The van der Waals surface area contributed by atoms with E-state index in [2.05, 4.69) is 6.92 Å². The average Bonchev–Trinajstić information content (AvgIpc) is 2.46. The van der Waals surface area contributed by atoms with Crippen LogP contribution in [0.2, 0.25) is 0 Å². The SMILES string of the molecule is CCCC1(O)CCCC12CCCCC2. The van der Waals surface area contributed by atoms with Crippen molar-refractivity contribution in [2.75, 3.05) is 0 Å². The number of hydrogen-bond donors (Lipinski definition) is 1. The van der Waals surface area contributed by atoms with Crippen molar-refractivity contribution in [3.63, 3.8) is 0 Å². The van der Waals surface area contributed by atoms with Gasteiger partial charge in [0.25, 0.3) is 0 Å². The molecule has 0 aromatic heterocycles. The van der Waals surface area contributed by atoms with Crippen LogP contribution in [-0.2, 0) is 0 Å². The van der Waals surface area contributed by atoms with Gasteiger partial charge in [0.2, 0.25) is 0 Å². The summed E-state index contributed by atoms with van der Waals surface area (Å²) in [6.45, 7) is 2.20. The third kappa shape index (κ3) is 1.50. The summed E-state index contributed by atoms with van der Waals surface area (Å²) < 4.78 is 0. The van der Waals surface area contributed by atoms with E-state index in [-0.39, 0.29) is 5.60 Å². The molecule has 1 unspecified atom stereocenters. The van der Waals surface area contributed by atoms with Crippen molar-refractivity contribution < 1.29 is 5.11 Å². The summed E-state index contributed by atoms with van der Waals surface area (Å²) in [6, 6.07) is 0. The van der Waals surface area contributed by atoms with Crippen molar-refractivity contribution in [2.45, 2.75) is 76.7 Å². The first-order valence-electron chi connectivity index (χ1n) is 6.45. The topological polar surface area (TPSA) is 20.2 Å². The summed E-state index contributed by atoms with van der Waals surface area (Å²) >= 11 is 0. The van der Waals surface area contributed by atoms with Gasteiger partial charge in [0.1, 0.15) is 0 Å². The highest BCUT2D eigenvalue weighted by molar-refractivity contribution is 5.04. The fraction of sp³-hybridized carbons (Fsp3) is 1.00. The lowest BCUT2D eigenvalue weighted by Crippen LogP contribution is -2.45. The minimum Gasteiger partial charge on any atom is -0.389 e. The molecule has 0 saturated heterocycles. The second-order valence-corrected chi connectivity index (χ2v) is 5.48. The zero-order valence-corrected chi connectivity index (χ0v) is 9.52. The molecule has 1 N–H and O–H groups in total. The standard InChI is InChI=1S/C13H24O/c1-2-7-13(14)11-6-10-12(13)8-4-3-5-9-12/h14H,2-11H2,1H3. The van der Waals surface area contributed by atoms with Gasteiger partial charge < -0.3 is 5.11 Å². The number of rotatable bonds is 2. The minimum absolute atomic E-state index is 0.290. The van der Waals surface area contributed by atoms with Crippen LogP contribution in [0.25, 0.3) is 0 Å². The molecule has 0 aromatic rings. The van der Waals surface area contributed by atoms with E-state index in [9.17, 15) is 5.11 Å². The van der Waals surface area contributed by atoms with Gasteiger partial charge in [0.05, 0.1) is 5.60 Å². The van der Waals surface area contributed by atoms with Gasteiger partial charge in [-0.15, -0.1) is 0 Å². The quantitative estimate of drug-likeness (QED) is 0.714. The maximum absolute atomic E-state index is 10.8. The summed E-state index contributed by atoms with van der Waals surface area (Å²) in [5.74, 6) is 0. The largest absolute Gasteiger partial charge is 0.389 e. The number of hydrogen-bond acceptors (Lipinski definition) is 1. The molecule has 1 atom stereocenters. The molecule has 1 nitrogen and oxygen atoms in total. The predicted octanol–water partition coefficient (Wildman–Crippen LogP) is 3.65. The first kappa shape index (κ1) is 10.5. The first-order chi connectivity index (χ1) is 6.72. The van der Waals surface area contributed by atoms with Crippen LogP contribution in [0.1, 0.15) is 71.1 Å². The lowest BCUT2D eigenvalue weighted by atomic mass is 9.64. The van der Waals surface area contributed by atoms with Crippen LogP contribution < -0.4 is 0 Å². The Morgan fingerprint density at radius 3 is 2.21 bits per heavy atom. The Morgan fingerprint density at radius 1 is 0.929 bits per heavy atom. The van der Waals surface area contributed by atoms with Crippen LogP contribution in [0.5, 0.6) is 0 Å². The third-order valence-electron chi connectivity index (χ3n) is 4.71. The fourth-order valence-electron chi connectivity index (χ4n) is 3.96. The molecule has 82 valence electrons. The van der Waals surface area contributed by atoms with Gasteiger partial charge in [-0.25, -0.2) is 0 Å². The molecule has 2 fully saturated rings. The molecular weight excluding hydrogens is 172 g/mol. The molecule has 2 aliphatic rings. The molecular formula is C13H24O. The van der Waals surface area contributed by atoms with Gasteiger partial charge >= 0.3 is 0 Å². The monoisotopic (exact) mass is 196 g/mol. The van der Waals surface area contributed by atoms with Crippen molar-refractivity contribution in [3.05, 3.63) is 0 Å². The molecule has 0 aliphatic heterocycles. The highest BCUT2D eigenvalue weighted by Gasteiger charge is 2.52. The smallest absolute Gasteiger partial charge is 0.0703 e. The molecule has 14 heavy (non-hydrogen) atoms. The molecule has 1 spiro atoms. The Labute approximate surface area is 87.9 Å². The van der Waals surface area contributed by atoms with E-state index in [1.54, 1.807) is 0 Å². The Kier molecular flexibility index (Phi) is 2.88. The van der Waals surface area contributed by atoms with Gasteiger partial charge in [-0.1, -0.05) is 32.6 Å². The maximum Gasteiger partial charge on any atom is 0.0703 e. The Bertz CT molecular complexity index is 193. The van der Waals surface area contributed by atoms with E-state index in [4.69, 9.17) is 0 Å². The van der Waals surface area contributed by atoms with E-state index in [1.165, 1.54) is 44.9 Å². The molecule has 0 aromatic carbocycles. The van der Waals surface area contributed by atoms with Crippen LogP contribution in [0.3, 0.4) is 0 Å². The Morgan fingerprint density at radius 2 is 1.57 bits per heavy atom. The zero-order chi connectivity index (χ0) is 10.1. The molecule has 2 saturated carbocycles. The minimum atomic E-state index is -0.290. The molecule has 1 heteroatoms. The van der Waals surface area contributed by atoms with Crippen molar-refractivity contribution in [1.82, 2.24) is 0 Å². The van der Waals surface area contributed by atoms with Crippen molar-refractivity contribution >= 4 is 0 Å². The van der Waals surface area contributed by atoms with Crippen LogP contribution in [0, 0.1) is 5.41 Å². The average molecular weight is 196 g/mol. The second-order valence-electron chi connectivity index (χ2n) is 5.48. The lowest BCUT2D eigenvalue weighted by Gasteiger charge is -2.45. The molecule has 0 heterocycles. The molecule has 2 rings (SSSR count). The van der Waals surface area contributed by atoms with Crippen LogP contribution >= 0.6 is 0 Å². The van der Waals surface area contributed by atoms with Crippen molar-refractivity contribution in [1.29, 1.82) is 0 Å². The molecule has 0 amide bonds. The van der Waals surface area contributed by atoms with Crippen LogP contribution in [0.15, 0.2) is 0 Å². The normalized spacial score (nSPS) is 36.4. The highest BCUT2D eigenvalue weighted by atomic mass is 16.3. The summed E-state index contributed by atoms with van der Waals surface area (Å²) in [4.78, 5) is 0. The summed E-state index contributed by atoms with van der Waals surface area (Å²) in [5, 5.41) is 10.8. The summed E-state index contributed by atoms with van der Waals surface area (Å²) in [5.41, 5.74) is 0.0451. The maximum atomic E-state index is 10.8. The predicted molar refractivity (Wildman–Crippen MR) is 59.2 cm³/mol. The molecule has 0 radical (unpaired) electrons.